The maximum absolute atomic E-state index is 6.13. The van der Waals surface area contributed by atoms with E-state index in [0.29, 0.717) is 0 Å². The van der Waals surface area contributed by atoms with Crippen molar-refractivity contribution in [3.05, 3.63) is 62.6 Å². The van der Waals surface area contributed by atoms with Gasteiger partial charge in [0.05, 0.1) is 11.9 Å². The lowest BCUT2D eigenvalue weighted by molar-refractivity contribution is 0.410. The van der Waals surface area contributed by atoms with Crippen molar-refractivity contribution >= 4 is 43.5 Å². The number of hydrogen-bond acceptors (Lipinski definition) is 1. The third-order valence-corrected chi connectivity index (χ3v) is 4.56. The Morgan fingerprint density at radius 3 is 2.53 bits per heavy atom. The number of alkyl halides is 1. The molecule has 0 amide bonds. The van der Waals surface area contributed by atoms with E-state index < -0.39 is 0 Å². The van der Waals surface area contributed by atoms with E-state index in [1.807, 2.05) is 31.2 Å². The van der Waals surface area contributed by atoms with Gasteiger partial charge in [-0.15, -0.1) is 0 Å². The quantitative estimate of drug-likeness (QED) is 0.579. The van der Waals surface area contributed by atoms with Gasteiger partial charge < -0.3 is 4.74 Å². The number of methoxy groups -OCH3 is 1. The summed E-state index contributed by atoms with van der Waals surface area (Å²) in [4.78, 5) is 0.0392. The Labute approximate surface area is 135 Å². The van der Waals surface area contributed by atoms with Gasteiger partial charge in [0, 0.05) is 15.1 Å². The van der Waals surface area contributed by atoms with Gasteiger partial charge in [-0.25, -0.2) is 0 Å². The third-order valence-electron chi connectivity index (χ3n) is 2.82. The molecule has 0 aliphatic heterocycles. The highest BCUT2D eigenvalue weighted by Crippen LogP contribution is 2.39. The van der Waals surface area contributed by atoms with Crippen LogP contribution in [0.5, 0.6) is 5.75 Å². The molecule has 2 aromatic carbocycles. The smallest absolute Gasteiger partial charge is 0.123 e. The Kier molecular flexibility index (Phi) is 4.93. The lowest BCUT2D eigenvalue weighted by Gasteiger charge is -2.16. The first-order chi connectivity index (χ1) is 9.01. The summed E-state index contributed by atoms with van der Waals surface area (Å²) in [5, 5.41) is 0.744. The molecule has 2 aromatic rings. The zero-order valence-corrected chi connectivity index (χ0v) is 14.5. The minimum atomic E-state index is 0.0392. The summed E-state index contributed by atoms with van der Waals surface area (Å²) in [6.07, 6.45) is 0. The number of ether oxygens (including phenoxy) is 1. The second-order valence-electron chi connectivity index (χ2n) is 4.31. The van der Waals surface area contributed by atoms with Crippen LogP contribution in [0, 0.1) is 6.92 Å². The van der Waals surface area contributed by atoms with E-state index in [4.69, 9.17) is 16.3 Å². The van der Waals surface area contributed by atoms with Gasteiger partial charge >= 0.3 is 0 Å². The lowest BCUT2D eigenvalue weighted by atomic mass is 10.0. The SMILES string of the molecule is COc1ccc(Br)cc1C(Br)c1cc(C)cc(Cl)c1. The fraction of sp³-hybridized carbons (Fsp3) is 0.200. The Balaban J connectivity index is 2.48. The third kappa shape index (κ3) is 3.53. The van der Waals surface area contributed by atoms with Crippen LogP contribution in [0.1, 0.15) is 21.5 Å². The molecule has 4 heteroatoms. The number of benzene rings is 2. The summed E-state index contributed by atoms with van der Waals surface area (Å²) in [5.41, 5.74) is 3.32. The topological polar surface area (TPSA) is 9.23 Å². The first kappa shape index (κ1) is 14.9. The van der Waals surface area contributed by atoms with Gasteiger partial charge in [0.1, 0.15) is 5.75 Å². The molecule has 0 bridgehead atoms. The van der Waals surface area contributed by atoms with E-state index in [-0.39, 0.29) is 4.83 Å². The van der Waals surface area contributed by atoms with Crippen LogP contribution in [-0.2, 0) is 0 Å². The van der Waals surface area contributed by atoms with Crippen LogP contribution in [0.15, 0.2) is 40.9 Å². The molecule has 0 heterocycles. The molecule has 0 N–H and O–H groups in total. The minimum absolute atomic E-state index is 0.0392. The van der Waals surface area contributed by atoms with Crippen molar-refractivity contribution in [2.75, 3.05) is 7.11 Å². The normalized spacial score (nSPS) is 12.3. The maximum Gasteiger partial charge on any atom is 0.123 e. The average Bonchev–Trinajstić information content (AvgIpc) is 2.36. The molecule has 0 saturated carbocycles. The molecule has 0 spiro atoms. The number of halogens is 3. The summed E-state index contributed by atoms with van der Waals surface area (Å²) in [6.45, 7) is 2.03. The molecule has 1 atom stereocenters. The standard InChI is InChI=1S/C15H13Br2ClO/c1-9-5-10(7-12(18)6-9)15(17)13-8-11(16)3-4-14(13)19-2/h3-8,15H,1-2H3. The van der Waals surface area contributed by atoms with Gasteiger partial charge in [0.25, 0.3) is 0 Å². The molecule has 0 aliphatic rings. The highest BCUT2D eigenvalue weighted by molar-refractivity contribution is 9.10. The zero-order chi connectivity index (χ0) is 14.0. The number of hydrogen-bond donors (Lipinski definition) is 0. The summed E-state index contributed by atoms with van der Waals surface area (Å²) in [7, 11) is 1.68. The Bertz CT molecular complexity index is 578. The largest absolute Gasteiger partial charge is 0.496 e. The predicted molar refractivity (Wildman–Crippen MR) is 87.7 cm³/mol. The van der Waals surface area contributed by atoms with Crippen LogP contribution < -0.4 is 4.74 Å². The van der Waals surface area contributed by atoms with E-state index in [0.717, 1.165) is 31.9 Å². The summed E-state index contributed by atoms with van der Waals surface area (Å²) in [6, 6.07) is 12.0. The van der Waals surface area contributed by atoms with Crippen molar-refractivity contribution in [2.45, 2.75) is 11.8 Å². The average molecular weight is 405 g/mol. The van der Waals surface area contributed by atoms with Crippen molar-refractivity contribution in [1.29, 1.82) is 0 Å². The van der Waals surface area contributed by atoms with Gasteiger partial charge in [-0.1, -0.05) is 49.5 Å². The Morgan fingerprint density at radius 2 is 1.89 bits per heavy atom. The van der Waals surface area contributed by atoms with E-state index in [1.54, 1.807) is 7.11 Å². The van der Waals surface area contributed by atoms with Gasteiger partial charge in [0.15, 0.2) is 0 Å². The molecular weight excluding hydrogens is 391 g/mol. The fourth-order valence-electron chi connectivity index (χ4n) is 1.99. The highest BCUT2D eigenvalue weighted by Gasteiger charge is 2.16. The van der Waals surface area contributed by atoms with E-state index in [1.165, 1.54) is 0 Å². The second-order valence-corrected chi connectivity index (χ2v) is 6.58. The van der Waals surface area contributed by atoms with Crippen LogP contribution >= 0.6 is 43.5 Å². The van der Waals surface area contributed by atoms with Gasteiger partial charge in [-0.3, -0.25) is 0 Å². The number of aryl methyl sites for hydroxylation is 1. The van der Waals surface area contributed by atoms with Gasteiger partial charge in [-0.2, -0.15) is 0 Å². The Morgan fingerprint density at radius 1 is 1.16 bits per heavy atom. The summed E-state index contributed by atoms with van der Waals surface area (Å²) in [5.74, 6) is 0.850. The van der Waals surface area contributed by atoms with Crippen LogP contribution in [0.4, 0.5) is 0 Å². The van der Waals surface area contributed by atoms with Crippen LogP contribution in [0.3, 0.4) is 0 Å². The molecule has 19 heavy (non-hydrogen) atoms. The molecule has 100 valence electrons. The molecule has 2 rings (SSSR count). The molecule has 0 aliphatic carbocycles. The van der Waals surface area contributed by atoms with Crippen LogP contribution in [-0.4, -0.2) is 7.11 Å². The van der Waals surface area contributed by atoms with E-state index in [9.17, 15) is 0 Å². The van der Waals surface area contributed by atoms with Crippen molar-refractivity contribution in [3.63, 3.8) is 0 Å². The lowest BCUT2D eigenvalue weighted by Crippen LogP contribution is -1.98. The monoisotopic (exact) mass is 402 g/mol. The molecule has 1 nitrogen and oxygen atoms in total. The second kappa shape index (κ2) is 6.29. The van der Waals surface area contributed by atoms with Crippen molar-refractivity contribution in [3.8, 4) is 5.75 Å². The minimum Gasteiger partial charge on any atom is -0.496 e. The van der Waals surface area contributed by atoms with Gasteiger partial charge in [-0.05, 0) is 48.4 Å². The summed E-state index contributed by atoms with van der Waals surface area (Å²) >= 11 is 13.3. The van der Waals surface area contributed by atoms with Gasteiger partial charge in [0.2, 0.25) is 0 Å². The first-order valence-corrected chi connectivity index (χ1v) is 7.84. The van der Waals surface area contributed by atoms with Crippen molar-refractivity contribution < 1.29 is 4.74 Å². The fourth-order valence-corrected chi connectivity index (χ4v) is 3.29. The van der Waals surface area contributed by atoms with Crippen molar-refractivity contribution in [2.24, 2.45) is 0 Å². The van der Waals surface area contributed by atoms with E-state index in [2.05, 4.69) is 44.0 Å². The molecular formula is C15H13Br2ClO. The summed E-state index contributed by atoms with van der Waals surface area (Å²) < 4.78 is 6.44. The Hall–Kier alpha value is -0.510. The molecule has 0 aromatic heterocycles. The predicted octanol–water partition coefficient (Wildman–Crippen LogP) is 5.90. The molecule has 0 fully saturated rings. The zero-order valence-electron chi connectivity index (χ0n) is 10.6. The molecule has 0 radical (unpaired) electrons. The first-order valence-electron chi connectivity index (χ1n) is 5.76. The number of rotatable bonds is 3. The highest BCUT2D eigenvalue weighted by atomic mass is 79.9. The maximum atomic E-state index is 6.13. The van der Waals surface area contributed by atoms with Crippen LogP contribution in [0.2, 0.25) is 5.02 Å². The molecule has 0 saturated heterocycles. The van der Waals surface area contributed by atoms with Crippen molar-refractivity contribution in [1.82, 2.24) is 0 Å². The van der Waals surface area contributed by atoms with Crippen LogP contribution in [0.25, 0.3) is 0 Å². The van der Waals surface area contributed by atoms with E-state index >= 15 is 0 Å². The molecule has 1 unspecified atom stereocenters.